The van der Waals surface area contributed by atoms with Crippen molar-refractivity contribution in [3.8, 4) is 0 Å². The highest BCUT2D eigenvalue weighted by molar-refractivity contribution is 5.77. The van der Waals surface area contributed by atoms with Crippen molar-refractivity contribution in [1.82, 2.24) is 0 Å². The van der Waals surface area contributed by atoms with Crippen LogP contribution in [-0.4, -0.2) is 67.6 Å². The smallest absolute Gasteiger partial charge is 0.310 e. The van der Waals surface area contributed by atoms with Gasteiger partial charge >= 0.3 is 5.97 Å². The van der Waals surface area contributed by atoms with Crippen LogP contribution < -0.4 is 0 Å². The second-order valence-electron chi connectivity index (χ2n) is 15.2. The van der Waals surface area contributed by atoms with Gasteiger partial charge in [0.25, 0.3) is 0 Å². The first-order valence-electron chi connectivity index (χ1n) is 14.2. The van der Waals surface area contributed by atoms with E-state index in [1.54, 1.807) is 6.92 Å². The van der Waals surface area contributed by atoms with Crippen LogP contribution in [0.25, 0.3) is 0 Å². The molecule has 0 aromatic carbocycles. The zero-order valence-corrected chi connectivity index (χ0v) is 23.4. The topological polar surface area (TPSA) is 138 Å². The van der Waals surface area contributed by atoms with Crippen molar-refractivity contribution in [2.24, 2.45) is 50.2 Å². The number of hydrogen-bond donors (Lipinski definition) is 6. The van der Waals surface area contributed by atoms with E-state index in [4.69, 9.17) is 0 Å². The van der Waals surface area contributed by atoms with Gasteiger partial charge in [-0.15, -0.1) is 0 Å². The number of aliphatic hydroxyl groups excluding tert-OH is 5. The molecule has 0 heterocycles. The van der Waals surface area contributed by atoms with E-state index in [0.717, 1.165) is 5.57 Å². The molecule has 5 aliphatic rings. The number of aliphatic carboxylic acids is 1. The molecule has 0 saturated heterocycles. The van der Waals surface area contributed by atoms with Gasteiger partial charge in [-0.2, -0.15) is 0 Å². The van der Waals surface area contributed by atoms with E-state index < -0.39 is 68.8 Å². The zero-order valence-electron chi connectivity index (χ0n) is 23.4. The Balaban J connectivity index is 1.66. The number of fused-ring (bicyclic) bond motifs is 7. The molecule has 0 radical (unpaired) electrons. The predicted molar refractivity (Wildman–Crippen MR) is 138 cm³/mol. The number of rotatable bonds is 2. The summed E-state index contributed by atoms with van der Waals surface area (Å²) < 4.78 is 0. The van der Waals surface area contributed by atoms with Crippen LogP contribution in [0, 0.1) is 50.2 Å². The molecule has 12 atom stereocenters. The van der Waals surface area contributed by atoms with E-state index in [1.807, 2.05) is 13.8 Å². The number of allylic oxidation sites excluding steroid dienone is 1. The van der Waals surface area contributed by atoms with Crippen LogP contribution in [0.1, 0.15) is 86.5 Å². The van der Waals surface area contributed by atoms with Gasteiger partial charge < -0.3 is 30.6 Å². The molecule has 5 aliphatic carbocycles. The van der Waals surface area contributed by atoms with Crippen molar-refractivity contribution < 1.29 is 35.4 Å². The van der Waals surface area contributed by atoms with Crippen LogP contribution in [0.5, 0.6) is 0 Å². The van der Waals surface area contributed by atoms with Gasteiger partial charge in [0, 0.05) is 17.3 Å². The molecule has 0 spiro atoms. The highest BCUT2D eigenvalue weighted by atomic mass is 16.4. The number of aliphatic hydroxyl groups is 5. The van der Waals surface area contributed by atoms with E-state index in [0.29, 0.717) is 44.9 Å². The Morgan fingerprint density at radius 3 is 2.11 bits per heavy atom. The number of hydrogen-bond acceptors (Lipinski definition) is 6. The molecule has 5 rings (SSSR count). The first-order valence-corrected chi connectivity index (χ1v) is 14.2. The lowest BCUT2D eigenvalue weighted by Crippen LogP contribution is -2.71. The third-order valence-electron chi connectivity index (χ3n) is 13.3. The fraction of sp³-hybridized carbons (Fsp3) is 0.900. The molecule has 0 unspecified atom stereocenters. The lowest BCUT2D eigenvalue weighted by atomic mass is 9.32. The molecule has 4 fully saturated rings. The molecule has 0 amide bonds. The van der Waals surface area contributed by atoms with Crippen LogP contribution in [0.2, 0.25) is 0 Å². The summed E-state index contributed by atoms with van der Waals surface area (Å²) >= 11 is 0. The van der Waals surface area contributed by atoms with Gasteiger partial charge in [0.1, 0.15) is 0 Å². The molecular weight excluding hydrogens is 472 g/mol. The fourth-order valence-electron chi connectivity index (χ4n) is 10.9. The average molecular weight is 521 g/mol. The summed E-state index contributed by atoms with van der Waals surface area (Å²) in [7, 11) is 0. The monoisotopic (exact) mass is 520 g/mol. The van der Waals surface area contributed by atoms with Crippen molar-refractivity contribution in [3.63, 3.8) is 0 Å². The van der Waals surface area contributed by atoms with Crippen molar-refractivity contribution in [2.75, 3.05) is 6.61 Å². The Labute approximate surface area is 221 Å². The Hall–Kier alpha value is -0.990. The lowest BCUT2D eigenvalue weighted by Gasteiger charge is -2.72. The summed E-state index contributed by atoms with van der Waals surface area (Å²) in [5.41, 5.74) is -2.76. The molecule has 0 bridgehead atoms. The minimum atomic E-state index is -1.12. The van der Waals surface area contributed by atoms with E-state index in [-0.39, 0.29) is 18.4 Å². The second-order valence-corrected chi connectivity index (χ2v) is 15.2. The molecule has 37 heavy (non-hydrogen) atoms. The highest BCUT2D eigenvalue weighted by Crippen LogP contribution is 2.75. The summed E-state index contributed by atoms with van der Waals surface area (Å²) in [6.07, 6.45) is 2.34. The SMILES string of the molecule is CC1(C)CC[C@]2(C(=O)O)CC[C@]3(C)C(=CC[C@@H]4[C@@]5(C)C[C@@H](O)[C@H](O)[C@](C)(CO)[C@@H]5[C@H](O)C[C@]43C)[C@@H]2[C@@H]1O. The standard InChI is InChI=1S/C30H48O7/c1-25(2)9-11-30(24(36)37)12-10-28(5)16(20(30)23(25)35)7-8-19-26(3)13-18(33)22(34)27(4,15-31)21(26)17(32)14-29(19,28)6/h7,17-23,31-35H,8-15H2,1-6H3,(H,36,37)/t17-,18-,19-,20-,21-,22+,23+,26-,27-,28-,29-,30+/m1/s1. The maximum Gasteiger partial charge on any atom is 0.310 e. The van der Waals surface area contributed by atoms with Gasteiger partial charge in [0.05, 0.1) is 36.4 Å². The summed E-state index contributed by atoms with van der Waals surface area (Å²) in [5.74, 6) is -1.63. The number of carboxylic acids is 1. The summed E-state index contributed by atoms with van der Waals surface area (Å²) in [6, 6.07) is 0. The minimum Gasteiger partial charge on any atom is -0.481 e. The maximum atomic E-state index is 12.8. The minimum absolute atomic E-state index is 0.0567. The van der Waals surface area contributed by atoms with Crippen molar-refractivity contribution >= 4 is 5.97 Å². The molecule has 0 aliphatic heterocycles. The van der Waals surface area contributed by atoms with Crippen LogP contribution >= 0.6 is 0 Å². The van der Waals surface area contributed by atoms with Crippen LogP contribution in [0.4, 0.5) is 0 Å². The number of carboxylic acid groups (broad SMARTS) is 1. The Bertz CT molecular complexity index is 1010. The largest absolute Gasteiger partial charge is 0.481 e. The van der Waals surface area contributed by atoms with Crippen molar-refractivity contribution in [1.29, 1.82) is 0 Å². The Kier molecular flexibility index (Phi) is 5.98. The first kappa shape index (κ1) is 27.6. The molecule has 0 aromatic rings. The van der Waals surface area contributed by atoms with Gasteiger partial charge in [-0.25, -0.2) is 0 Å². The molecule has 7 nitrogen and oxygen atoms in total. The van der Waals surface area contributed by atoms with Gasteiger partial charge in [0.15, 0.2) is 0 Å². The highest BCUT2D eigenvalue weighted by Gasteiger charge is 2.73. The predicted octanol–water partition coefficient (Wildman–Crippen LogP) is 3.12. The van der Waals surface area contributed by atoms with E-state index in [9.17, 15) is 35.4 Å². The maximum absolute atomic E-state index is 12.8. The molecule has 6 N–H and O–H groups in total. The fourth-order valence-corrected chi connectivity index (χ4v) is 10.9. The van der Waals surface area contributed by atoms with Gasteiger partial charge in [-0.3, -0.25) is 4.79 Å². The normalized spacial score (nSPS) is 56.7. The second kappa shape index (κ2) is 8.03. The van der Waals surface area contributed by atoms with E-state index in [1.165, 1.54) is 0 Å². The van der Waals surface area contributed by atoms with E-state index >= 15 is 0 Å². The Morgan fingerprint density at radius 1 is 0.892 bits per heavy atom. The molecule has 4 saturated carbocycles. The average Bonchev–Trinajstić information content (AvgIpc) is 2.80. The summed E-state index contributed by atoms with van der Waals surface area (Å²) in [4.78, 5) is 12.8. The molecule has 7 heteroatoms. The van der Waals surface area contributed by atoms with E-state index in [2.05, 4.69) is 26.8 Å². The van der Waals surface area contributed by atoms with Crippen molar-refractivity contribution in [2.45, 2.75) is 111 Å². The first-order chi connectivity index (χ1) is 17.0. The third-order valence-corrected chi connectivity index (χ3v) is 13.3. The Morgan fingerprint density at radius 2 is 1.51 bits per heavy atom. The molecule has 210 valence electrons. The van der Waals surface area contributed by atoms with Crippen LogP contribution in [0.3, 0.4) is 0 Å². The van der Waals surface area contributed by atoms with Gasteiger partial charge in [0.2, 0.25) is 0 Å². The lowest BCUT2D eigenvalue weighted by molar-refractivity contribution is -0.274. The third kappa shape index (κ3) is 3.15. The molecule has 0 aromatic heterocycles. The van der Waals surface area contributed by atoms with Crippen LogP contribution in [0.15, 0.2) is 11.6 Å². The zero-order chi connectivity index (χ0) is 27.6. The number of carbonyl (C=O) groups is 1. The quantitative estimate of drug-likeness (QED) is 0.308. The summed E-state index contributed by atoms with van der Waals surface area (Å²) in [5, 5.41) is 66.3. The van der Waals surface area contributed by atoms with Crippen LogP contribution in [-0.2, 0) is 4.79 Å². The summed E-state index contributed by atoms with van der Waals surface area (Å²) in [6.45, 7) is 12.1. The molecular formula is C30H48O7. The van der Waals surface area contributed by atoms with Crippen molar-refractivity contribution in [3.05, 3.63) is 11.6 Å². The van der Waals surface area contributed by atoms with Gasteiger partial charge in [-0.1, -0.05) is 53.2 Å². The van der Waals surface area contributed by atoms with Gasteiger partial charge in [-0.05, 0) is 72.5 Å².